The van der Waals surface area contributed by atoms with Crippen molar-refractivity contribution in [1.82, 2.24) is 10.2 Å². The van der Waals surface area contributed by atoms with Crippen molar-refractivity contribution >= 4 is 23.4 Å². The van der Waals surface area contributed by atoms with Crippen LogP contribution < -0.4 is 10.1 Å². The average Bonchev–Trinajstić information content (AvgIpc) is 2.63. The highest BCUT2D eigenvalue weighted by atomic mass is 35.5. The molecule has 2 aromatic carbocycles. The molecular formula is C20H23ClN2O3. The summed E-state index contributed by atoms with van der Waals surface area (Å²) in [5.74, 6) is 0.00490. The Morgan fingerprint density at radius 3 is 2.58 bits per heavy atom. The number of ether oxygens (including phenoxy) is 1. The fourth-order valence-electron chi connectivity index (χ4n) is 2.58. The van der Waals surface area contributed by atoms with E-state index in [1.165, 1.54) is 4.90 Å². The van der Waals surface area contributed by atoms with E-state index in [2.05, 4.69) is 5.32 Å². The van der Waals surface area contributed by atoms with Gasteiger partial charge in [0.1, 0.15) is 11.8 Å². The molecule has 0 saturated carbocycles. The molecule has 0 heterocycles. The summed E-state index contributed by atoms with van der Waals surface area (Å²) in [7, 11) is 1.55. The van der Waals surface area contributed by atoms with Crippen LogP contribution in [0.3, 0.4) is 0 Å². The van der Waals surface area contributed by atoms with Crippen LogP contribution in [0.4, 0.5) is 0 Å². The number of amides is 2. The topological polar surface area (TPSA) is 58.6 Å². The highest BCUT2D eigenvalue weighted by molar-refractivity contribution is 6.30. The zero-order chi connectivity index (χ0) is 19.1. The maximum absolute atomic E-state index is 12.7. The van der Waals surface area contributed by atoms with Crippen LogP contribution in [-0.2, 0) is 16.1 Å². The molecule has 26 heavy (non-hydrogen) atoms. The van der Waals surface area contributed by atoms with Gasteiger partial charge in [-0.3, -0.25) is 9.59 Å². The van der Waals surface area contributed by atoms with Crippen LogP contribution >= 0.6 is 11.6 Å². The number of benzene rings is 2. The van der Waals surface area contributed by atoms with Gasteiger partial charge in [0, 0.05) is 18.6 Å². The Kier molecular flexibility index (Phi) is 7.04. The molecule has 2 rings (SSSR count). The van der Waals surface area contributed by atoms with Crippen LogP contribution in [0, 0.1) is 6.92 Å². The third kappa shape index (κ3) is 5.49. The summed E-state index contributed by atoms with van der Waals surface area (Å²) in [6, 6.07) is 14.1. The summed E-state index contributed by atoms with van der Waals surface area (Å²) < 4.78 is 5.55. The smallest absolute Gasteiger partial charge is 0.261 e. The normalized spacial score (nSPS) is 11.5. The summed E-state index contributed by atoms with van der Waals surface area (Å²) in [4.78, 5) is 26.3. The van der Waals surface area contributed by atoms with Crippen molar-refractivity contribution in [2.24, 2.45) is 0 Å². The highest BCUT2D eigenvalue weighted by Gasteiger charge is 2.25. The van der Waals surface area contributed by atoms with Crippen molar-refractivity contribution in [2.75, 3.05) is 13.7 Å². The van der Waals surface area contributed by atoms with Crippen molar-refractivity contribution < 1.29 is 14.3 Å². The molecule has 0 spiro atoms. The second-order valence-electron chi connectivity index (χ2n) is 6.05. The molecule has 5 nitrogen and oxygen atoms in total. The van der Waals surface area contributed by atoms with E-state index >= 15 is 0 Å². The van der Waals surface area contributed by atoms with Crippen LogP contribution in [-0.4, -0.2) is 36.4 Å². The Balaban J connectivity index is 2.13. The van der Waals surface area contributed by atoms with Crippen molar-refractivity contribution in [3.8, 4) is 5.75 Å². The van der Waals surface area contributed by atoms with Gasteiger partial charge in [0.15, 0.2) is 6.61 Å². The minimum Gasteiger partial charge on any atom is -0.484 e. The van der Waals surface area contributed by atoms with Gasteiger partial charge in [-0.1, -0.05) is 47.5 Å². The van der Waals surface area contributed by atoms with E-state index in [1.54, 1.807) is 38.2 Å². The molecule has 2 amide bonds. The lowest BCUT2D eigenvalue weighted by molar-refractivity contribution is -0.142. The van der Waals surface area contributed by atoms with Crippen LogP contribution in [0.25, 0.3) is 0 Å². The Labute approximate surface area is 158 Å². The molecule has 0 bridgehead atoms. The zero-order valence-electron chi connectivity index (χ0n) is 15.2. The third-order valence-corrected chi connectivity index (χ3v) is 4.24. The summed E-state index contributed by atoms with van der Waals surface area (Å²) in [5, 5.41) is 3.12. The first-order valence-corrected chi connectivity index (χ1v) is 8.73. The van der Waals surface area contributed by atoms with E-state index in [9.17, 15) is 9.59 Å². The molecule has 6 heteroatoms. The molecule has 0 fully saturated rings. The number of hydrogen-bond acceptors (Lipinski definition) is 3. The molecule has 0 saturated heterocycles. The third-order valence-electron chi connectivity index (χ3n) is 4.01. The summed E-state index contributed by atoms with van der Waals surface area (Å²) in [6.07, 6.45) is 0. The first-order valence-electron chi connectivity index (χ1n) is 8.35. The molecule has 0 aliphatic carbocycles. The number of halogens is 1. The number of rotatable bonds is 7. The summed E-state index contributed by atoms with van der Waals surface area (Å²) >= 11 is 5.93. The standard InChI is InChI=1S/C20H23ClN2O3/c1-14-6-4-7-16(10-14)12-23(15(2)20(25)22-3)19(24)13-26-18-9-5-8-17(21)11-18/h4-11,15H,12-13H2,1-3H3,(H,22,25)/t15-/m1/s1. The first-order chi connectivity index (χ1) is 12.4. The molecule has 1 N–H and O–H groups in total. The van der Waals surface area contributed by atoms with Crippen molar-refractivity contribution in [3.63, 3.8) is 0 Å². The Morgan fingerprint density at radius 1 is 1.19 bits per heavy atom. The van der Waals surface area contributed by atoms with Gasteiger partial charge in [-0.25, -0.2) is 0 Å². The minimum atomic E-state index is -0.615. The van der Waals surface area contributed by atoms with Gasteiger partial charge in [-0.05, 0) is 37.6 Å². The number of nitrogens with one attached hydrogen (secondary N) is 1. The van der Waals surface area contributed by atoms with Crippen LogP contribution in [0.5, 0.6) is 5.75 Å². The van der Waals surface area contributed by atoms with E-state index < -0.39 is 6.04 Å². The second kappa shape index (κ2) is 9.25. The maximum atomic E-state index is 12.7. The van der Waals surface area contributed by atoms with Crippen molar-refractivity contribution in [2.45, 2.75) is 26.4 Å². The Bertz CT molecular complexity index is 779. The van der Waals surface area contributed by atoms with Gasteiger partial charge in [-0.15, -0.1) is 0 Å². The van der Waals surface area contributed by atoms with Gasteiger partial charge in [0.05, 0.1) is 0 Å². The number of carbonyl (C=O) groups is 2. The lowest BCUT2D eigenvalue weighted by Crippen LogP contribution is -2.48. The molecule has 0 unspecified atom stereocenters. The second-order valence-corrected chi connectivity index (χ2v) is 6.48. The van der Waals surface area contributed by atoms with Gasteiger partial charge >= 0.3 is 0 Å². The molecule has 0 radical (unpaired) electrons. The fraction of sp³-hybridized carbons (Fsp3) is 0.300. The highest BCUT2D eigenvalue weighted by Crippen LogP contribution is 2.18. The number of nitrogens with zero attached hydrogens (tertiary/aromatic N) is 1. The SMILES string of the molecule is CNC(=O)[C@@H](C)N(Cc1cccc(C)c1)C(=O)COc1cccc(Cl)c1. The fourth-order valence-corrected chi connectivity index (χ4v) is 2.76. The molecule has 0 aromatic heterocycles. The van der Waals surface area contributed by atoms with Crippen LogP contribution in [0.15, 0.2) is 48.5 Å². The number of likely N-dealkylation sites (N-methyl/N-ethyl adjacent to an activating group) is 1. The number of hydrogen-bond donors (Lipinski definition) is 1. The monoisotopic (exact) mass is 374 g/mol. The van der Waals surface area contributed by atoms with Crippen LogP contribution in [0.2, 0.25) is 5.02 Å². The molecular weight excluding hydrogens is 352 g/mol. The van der Waals surface area contributed by atoms with Crippen molar-refractivity contribution in [1.29, 1.82) is 0 Å². The largest absolute Gasteiger partial charge is 0.484 e. The number of carbonyl (C=O) groups excluding carboxylic acids is 2. The lowest BCUT2D eigenvalue weighted by Gasteiger charge is -2.28. The molecule has 138 valence electrons. The van der Waals surface area contributed by atoms with Gasteiger partial charge in [-0.2, -0.15) is 0 Å². The molecule has 0 aliphatic rings. The Morgan fingerprint density at radius 2 is 1.92 bits per heavy atom. The van der Waals surface area contributed by atoms with E-state index in [1.807, 2.05) is 31.2 Å². The van der Waals surface area contributed by atoms with Gasteiger partial charge in [0.25, 0.3) is 5.91 Å². The summed E-state index contributed by atoms with van der Waals surface area (Å²) in [6.45, 7) is 3.84. The minimum absolute atomic E-state index is 0.173. The first kappa shape index (κ1) is 19.8. The van der Waals surface area contributed by atoms with E-state index in [4.69, 9.17) is 16.3 Å². The molecule has 0 aliphatic heterocycles. The predicted molar refractivity (Wildman–Crippen MR) is 102 cm³/mol. The van der Waals surface area contributed by atoms with Gasteiger partial charge in [0.2, 0.25) is 5.91 Å². The molecule has 2 aromatic rings. The van der Waals surface area contributed by atoms with Crippen LogP contribution in [0.1, 0.15) is 18.1 Å². The predicted octanol–water partition coefficient (Wildman–Crippen LogP) is 3.19. The van der Waals surface area contributed by atoms with Crippen molar-refractivity contribution in [3.05, 3.63) is 64.7 Å². The zero-order valence-corrected chi connectivity index (χ0v) is 15.9. The summed E-state index contributed by atoms with van der Waals surface area (Å²) in [5.41, 5.74) is 2.05. The van der Waals surface area contributed by atoms with E-state index in [-0.39, 0.29) is 18.4 Å². The Hall–Kier alpha value is -2.53. The number of aryl methyl sites for hydroxylation is 1. The van der Waals surface area contributed by atoms with E-state index in [0.29, 0.717) is 17.3 Å². The molecule has 1 atom stereocenters. The van der Waals surface area contributed by atoms with Gasteiger partial charge < -0.3 is 15.0 Å². The quantitative estimate of drug-likeness (QED) is 0.809. The maximum Gasteiger partial charge on any atom is 0.261 e. The average molecular weight is 375 g/mol. The van der Waals surface area contributed by atoms with E-state index in [0.717, 1.165) is 11.1 Å². The lowest BCUT2D eigenvalue weighted by atomic mass is 10.1.